The van der Waals surface area contributed by atoms with Gasteiger partial charge in [0, 0.05) is 23.2 Å². The summed E-state index contributed by atoms with van der Waals surface area (Å²) in [5.41, 5.74) is 2.67. The minimum absolute atomic E-state index is 0.168. The van der Waals surface area contributed by atoms with Crippen molar-refractivity contribution in [2.45, 2.75) is 52.2 Å². The molecule has 1 atom stereocenters. The van der Waals surface area contributed by atoms with E-state index in [4.69, 9.17) is 9.72 Å². The molecule has 36 heavy (non-hydrogen) atoms. The van der Waals surface area contributed by atoms with Crippen molar-refractivity contribution in [3.05, 3.63) is 88.9 Å². The number of benzene rings is 2. The molecule has 2 N–H and O–H groups in total. The Morgan fingerprint density at radius 1 is 1.08 bits per heavy atom. The number of amides is 1. The number of hydrogen-bond donors (Lipinski definition) is 2. The molecule has 0 saturated heterocycles. The van der Waals surface area contributed by atoms with E-state index in [1.165, 1.54) is 12.1 Å². The second-order valence-corrected chi connectivity index (χ2v) is 11.5. The Kier molecular flexibility index (Phi) is 8.35. The first-order valence-corrected chi connectivity index (χ1v) is 13.4. The first kappa shape index (κ1) is 27.1. The number of carbonyl (C=O) groups excluding carboxylic acids is 1. The van der Waals surface area contributed by atoms with Crippen molar-refractivity contribution >= 4 is 21.6 Å². The fourth-order valence-corrected chi connectivity index (χ4v) is 4.01. The highest BCUT2D eigenvalue weighted by molar-refractivity contribution is 7.92. The van der Waals surface area contributed by atoms with E-state index in [0.717, 1.165) is 29.1 Å². The average molecular weight is 514 g/mol. The second kappa shape index (κ2) is 11.1. The lowest BCUT2D eigenvalue weighted by Crippen LogP contribution is -2.28. The molecule has 1 amide bonds. The van der Waals surface area contributed by atoms with Crippen LogP contribution in [0.4, 0.5) is 10.1 Å². The van der Waals surface area contributed by atoms with Gasteiger partial charge < -0.3 is 10.1 Å². The van der Waals surface area contributed by atoms with Crippen molar-refractivity contribution in [3.63, 3.8) is 0 Å². The molecular weight excluding hydrogens is 481 g/mol. The van der Waals surface area contributed by atoms with Crippen molar-refractivity contribution < 1.29 is 22.3 Å². The van der Waals surface area contributed by atoms with Crippen LogP contribution in [0.2, 0.25) is 0 Å². The number of aromatic nitrogens is 1. The van der Waals surface area contributed by atoms with Gasteiger partial charge in [-0.2, -0.15) is 0 Å². The highest BCUT2D eigenvalue weighted by atomic mass is 32.2. The van der Waals surface area contributed by atoms with Crippen LogP contribution in [0, 0.1) is 5.82 Å². The zero-order chi connectivity index (χ0) is 26.5. The third-order valence-electron chi connectivity index (χ3n) is 5.56. The number of pyridine rings is 1. The first-order chi connectivity index (χ1) is 16.8. The molecule has 0 aliphatic heterocycles. The van der Waals surface area contributed by atoms with Gasteiger partial charge in [-0.15, -0.1) is 0 Å². The van der Waals surface area contributed by atoms with Crippen LogP contribution in [0.3, 0.4) is 0 Å². The Hall–Kier alpha value is -3.46. The van der Waals surface area contributed by atoms with E-state index in [2.05, 4.69) is 30.8 Å². The summed E-state index contributed by atoms with van der Waals surface area (Å²) >= 11 is 0. The van der Waals surface area contributed by atoms with E-state index in [-0.39, 0.29) is 23.6 Å². The number of hydrogen-bond acceptors (Lipinski definition) is 5. The number of nitrogens with zero attached hydrogens (tertiary/aromatic N) is 1. The summed E-state index contributed by atoms with van der Waals surface area (Å²) < 4.78 is 45.3. The summed E-state index contributed by atoms with van der Waals surface area (Å²) in [5, 5.41) is 2.87. The van der Waals surface area contributed by atoms with Gasteiger partial charge >= 0.3 is 0 Å². The molecule has 1 unspecified atom stereocenters. The molecule has 9 heteroatoms. The molecule has 7 nitrogen and oxygen atoms in total. The first-order valence-electron chi connectivity index (χ1n) is 11.6. The van der Waals surface area contributed by atoms with Crippen LogP contribution in [0.1, 0.15) is 56.0 Å². The van der Waals surface area contributed by atoms with Crippen LogP contribution >= 0.6 is 0 Å². The van der Waals surface area contributed by atoms with Gasteiger partial charge in [0.25, 0.3) is 0 Å². The van der Waals surface area contributed by atoms with Gasteiger partial charge in [-0.1, -0.05) is 63.2 Å². The number of nitrogens with one attached hydrogen (secondary N) is 2. The molecule has 2 aromatic carbocycles. The zero-order valence-corrected chi connectivity index (χ0v) is 21.9. The van der Waals surface area contributed by atoms with E-state index >= 15 is 0 Å². The Labute approximate surface area is 212 Å². The van der Waals surface area contributed by atoms with Gasteiger partial charge in [0.2, 0.25) is 21.8 Å². The fourth-order valence-electron chi connectivity index (χ4n) is 3.44. The van der Waals surface area contributed by atoms with Crippen molar-refractivity contribution in [2.75, 3.05) is 11.0 Å². The maximum Gasteiger partial charge on any atom is 0.229 e. The maximum atomic E-state index is 14.4. The number of ether oxygens (including phenoxy) is 1. The van der Waals surface area contributed by atoms with Crippen LogP contribution < -0.4 is 14.8 Å². The molecule has 3 rings (SSSR count). The number of carbonyl (C=O) groups is 1. The van der Waals surface area contributed by atoms with Gasteiger partial charge in [0.1, 0.15) is 12.4 Å². The molecule has 192 valence electrons. The Morgan fingerprint density at radius 2 is 1.78 bits per heavy atom. The highest BCUT2D eigenvalue weighted by Crippen LogP contribution is 2.26. The van der Waals surface area contributed by atoms with Gasteiger partial charge in [-0.25, -0.2) is 17.8 Å². The lowest BCUT2D eigenvalue weighted by molar-refractivity contribution is -0.122. The molecule has 3 aromatic rings. The largest absolute Gasteiger partial charge is 0.473 e. The molecule has 0 spiro atoms. The summed E-state index contributed by atoms with van der Waals surface area (Å²) in [4.78, 5) is 17.6. The van der Waals surface area contributed by atoms with Gasteiger partial charge in [-0.05, 0) is 36.2 Å². The molecular formula is C27H32FN3O4S. The summed E-state index contributed by atoms with van der Waals surface area (Å²) in [5.74, 6) is -1.29. The molecule has 0 aliphatic rings. The van der Waals surface area contributed by atoms with E-state index in [1.807, 2.05) is 42.5 Å². The fraction of sp³-hybridized carbons (Fsp3) is 0.333. The molecule has 0 fully saturated rings. The normalized spacial score (nSPS) is 12.6. The quantitative estimate of drug-likeness (QED) is 0.425. The number of sulfonamides is 1. The maximum absolute atomic E-state index is 14.4. The van der Waals surface area contributed by atoms with Crippen LogP contribution in [0.5, 0.6) is 5.88 Å². The third-order valence-corrected chi connectivity index (χ3v) is 6.15. The van der Waals surface area contributed by atoms with Crippen LogP contribution in [-0.4, -0.2) is 25.6 Å². The highest BCUT2D eigenvalue weighted by Gasteiger charge is 2.21. The lowest BCUT2D eigenvalue weighted by atomic mass is 9.91. The summed E-state index contributed by atoms with van der Waals surface area (Å²) in [6.45, 7) is 8.37. The molecule has 0 aliphatic carbocycles. The minimum atomic E-state index is -3.61. The van der Waals surface area contributed by atoms with Crippen molar-refractivity contribution in [1.29, 1.82) is 0 Å². The smallest absolute Gasteiger partial charge is 0.229 e. The predicted octanol–water partition coefficient (Wildman–Crippen LogP) is 4.89. The Morgan fingerprint density at radius 3 is 2.39 bits per heavy atom. The lowest BCUT2D eigenvalue weighted by Gasteiger charge is -2.21. The number of halogens is 1. The number of anilines is 1. The van der Waals surface area contributed by atoms with Crippen molar-refractivity contribution in [3.8, 4) is 5.88 Å². The van der Waals surface area contributed by atoms with E-state index in [9.17, 15) is 17.6 Å². The van der Waals surface area contributed by atoms with E-state index in [0.29, 0.717) is 18.1 Å². The van der Waals surface area contributed by atoms with Crippen LogP contribution in [0.15, 0.2) is 60.7 Å². The minimum Gasteiger partial charge on any atom is -0.473 e. The molecule has 1 heterocycles. The van der Waals surface area contributed by atoms with Crippen LogP contribution in [-0.2, 0) is 33.4 Å². The second-order valence-electron chi connectivity index (χ2n) is 9.74. The third kappa shape index (κ3) is 7.52. The Balaban J connectivity index is 1.73. The van der Waals surface area contributed by atoms with Crippen molar-refractivity contribution in [1.82, 2.24) is 10.3 Å². The summed E-state index contributed by atoms with van der Waals surface area (Å²) in [7, 11) is -3.61. The van der Waals surface area contributed by atoms with E-state index in [1.54, 1.807) is 6.92 Å². The number of rotatable bonds is 9. The van der Waals surface area contributed by atoms with Gasteiger partial charge in [0.05, 0.1) is 17.9 Å². The average Bonchev–Trinajstić information content (AvgIpc) is 2.81. The molecule has 0 bridgehead atoms. The van der Waals surface area contributed by atoms with Gasteiger partial charge in [-0.3, -0.25) is 9.52 Å². The molecule has 0 radical (unpaired) electrons. The van der Waals surface area contributed by atoms with Gasteiger partial charge in [0.15, 0.2) is 0 Å². The molecule has 0 saturated carbocycles. The van der Waals surface area contributed by atoms with Crippen molar-refractivity contribution in [2.24, 2.45) is 0 Å². The SMILES string of the molecule is CC(C(=O)NCc1ccc(C(C)(C)C)nc1OCc1ccccc1)c1ccc(NS(C)(=O)=O)c(F)c1. The Bertz CT molecular complexity index is 1320. The predicted molar refractivity (Wildman–Crippen MR) is 139 cm³/mol. The monoisotopic (exact) mass is 513 g/mol. The zero-order valence-electron chi connectivity index (χ0n) is 21.1. The summed E-state index contributed by atoms with van der Waals surface area (Å²) in [6.07, 6.45) is 0.942. The van der Waals surface area contributed by atoms with E-state index < -0.39 is 21.8 Å². The molecule has 1 aromatic heterocycles. The summed E-state index contributed by atoms with van der Waals surface area (Å²) in [6, 6.07) is 17.5. The topological polar surface area (TPSA) is 97.4 Å². The van der Waals surface area contributed by atoms with Crippen LogP contribution in [0.25, 0.3) is 0 Å². The standard InChI is InChI=1S/C27H32FN3O4S/c1-18(20-11-13-23(22(28)15-20)31-36(5,33)34)25(32)29-16-21-12-14-24(27(2,3)4)30-26(21)35-17-19-9-7-6-8-10-19/h6-15,18,31H,16-17H2,1-5H3,(H,29,32).